The average molecular weight is 292 g/mol. The van der Waals surface area contributed by atoms with Crippen LogP contribution in [0, 0.1) is 0 Å². The minimum atomic E-state index is 0.0579. The fraction of sp³-hybridized carbons (Fsp3) is 0.588. The van der Waals surface area contributed by atoms with Gasteiger partial charge in [0.1, 0.15) is 5.75 Å². The zero-order valence-corrected chi connectivity index (χ0v) is 13.4. The molecule has 1 unspecified atom stereocenters. The summed E-state index contributed by atoms with van der Waals surface area (Å²) < 4.78 is 5.63. The predicted molar refractivity (Wildman–Crippen MR) is 86.7 cm³/mol. The van der Waals surface area contributed by atoms with Crippen LogP contribution >= 0.6 is 0 Å². The SMILES string of the molecule is CCCNC(C)Cc1ccc(OCCCC(=O)NC)cc1. The molecule has 0 aliphatic rings. The van der Waals surface area contributed by atoms with Crippen LogP contribution in [0.2, 0.25) is 0 Å². The highest BCUT2D eigenvalue weighted by Gasteiger charge is 2.03. The number of benzene rings is 1. The van der Waals surface area contributed by atoms with Crippen LogP contribution in [-0.4, -0.2) is 32.1 Å². The monoisotopic (exact) mass is 292 g/mol. The van der Waals surface area contributed by atoms with Crippen LogP contribution in [0.1, 0.15) is 38.7 Å². The van der Waals surface area contributed by atoms with E-state index in [1.54, 1.807) is 7.05 Å². The number of hydrogen-bond donors (Lipinski definition) is 2. The van der Waals surface area contributed by atoms with Crippen molar-refractivity contribution < 1.29 is 9.53 Å². The second-order valence-corrected chi connectivity index (χ2v) is 5.33. The molecule has 1 rings (SSSR count). The molecule has 0 saturated carbocycles. The van der Waals surface area contributed by atoms with Crippen LogP contribution in [-0.2, 0) is 11.2 Å². The van der Waals surface area contributed by atoms with Gasteiger partial charge in [0.2, 0.25) is 5.91 Å². The standard InChI is InChI=1S/C17H28N2O2/c1-4-11-19-14(2)13-15-7-9-16(10-8-15)21-12-5-6-17(20)18-3/h7-10,14,19H,4-6,11-13H2,1-3H3,(H,18,20). The van der Waals surface area contributed by atoms with E-state index in [0.717, 1.165) is 31.6 Å². The first-order chi connectivity index (χ1) is 10.2. The highest BCUT2D eigenvalue weighted by molar-refractivity contribution is 5.75. The van der Waals surface area contributed by atoms with E-state index in [-0.39, 0.29) is 5.91 Å². The number of rotatable bonds is 10. The molecule has 0 aliphatic heterocycles. The summed E-state index contributed by atoms with van der Waals surface area (Å²) in [5.41, 5.74) is 1.31. The third kappa shape index (κ3) is 7.71. The lowest BCUT2D eigenvalue weighted by atomic mass is 10.1. The van der Waals surface area contributed by atoms with Gasteiger partial charge in [-0.1, -0.05) is 19.1 Å². The van der Waals surface area contributed by atoms with Crippen LogP contribution < -0.4 is 15.4 Å². The second kappa shape index (κ2) is 10.2. The van der Waals surface area contributed by atoms with Crippen molar-refractivity contribution in [2.24, 2.45) is 0 Å². The van der Waals surface area contributed by atoms with E-state index in [1.807, 2.05) is 12.1 Å². The van der Waals surface area contributed by atoms with Crippen molar-refractivity contribution in [1.29, 1.82) is 0 Å². The van der Waals surface area contributed by atoms with Crippen LogP contribution in [0.15, 0.2) is 24.3 Å². The normalized spacial score (nSPS) is 12.0. The van der Waals surface area contributed by atoms with Crippen LogP contribution in [0.3, 0.4) is 0 Å². The molecule has 1 aromatic rings. The summed E-state index contributed by atoms with van der Waals surface area (Å²) in [4.78, 5) is 11.1. The zero-order valence-electron chi connectivity index (χ0n) is 13.4. The number of hydrogen-bond acceptors (Lipinski definition) is 3. The number of ether oxygens (including phenoxy) is 1. The average Bonchev–Trinajstić information content (AvgIpc) is 2.50. The summed E-state index contributed by atoms with van der Waals surface area (Å²) >= 11 is 0. The van der Waals surface area contributed by atoms with E-state index in [4.69, 9.17) is 4.74 Å². The van der Waals surface area contributed by atoms with Crippen LogP contribution in [0.5, 0.6) is 5.75 Å². The maximum Gasteiger partial charge on any atom is 0.219 e. The molecule has 0 heterocycles. The molecule has 0 spiro atoms. The maximum absolute atomic E-state index is 11.1. The third-order valence-corrected chi connectivity index (χ3v) is 3.30. The van der Waals surface area contributed by atoms with Crippen molar-refractivity contribution >= 4 is 5.91 Å². The fourth-order valence-corrected chi connectivity index (χ4v) is 2.09. The van der Waals surface area contributed by atoms with Gasteiger partial charge < -0.3 is 15.4 Å². The molecule has 21 heavy (non-hydrogen) atoms. The Bertz CT molecular complexity index is 404. The topological polar surface area (TPSA) is 50.4 Å². The molecule has 0 saturated heterocycles. The number of carbonyl (C=O) groups excluding carboxylic acids is 1. The first-order valence-electron chi connectivity index (χ1n) is 7.81. The van der Waals surface area contributed by atoms with Gasteiger partial charge in [-0.3, -0.25) is 4.79 Å². The van der Waals surface area contributed by atoms with Crippen molar-refractivity contribution in [1.82, 2.24) is 10.6 Å². The largest absolute Gasteiger partial charge is 0.494 e. The Hall–Kier alpha value is -1.55. The minimum Gasteiger partial charge on any atom is -0.494 e. The molecule has 1 amide bonds. The summed E-state index contributed by atoms with van der Waals surface area (Å²) in [6.45, 7) is 6.02. The van der Waals surface area contributed by atoms with Gasteiger partial charge in [-0.15, -0.1) is 0 Å². The summed E-state index contributed by atoms with van der Waals surface area (Å²) in [6, 6.07) is 8.71. The molecule has 4 heteroatoms. The van der Waals surface area contributed by atoms with E-state index in [0.29, 0.717) is 19.1 Å². The van der Waals surface area contributed by atoms with Crippen molar-refractivity contribution in [3.05, 3.63) is 29.8 Å². The Kier molecular flexibility index (Phi) is 8.51. The molecule has 0 aliphatic carbocycles. The van der Waals surface area contributed by atoms with Gasteiger partial charge in [0, 0.05) is 19.5 Å². The van der Waals surface area contributed by atoms with Gasteiger partial charge in [0.05, 0.1) is 6.61 Å². The molecule has 0 fully saturated rings. The van der Waals surface area contributed by atoms with E-state index in [9.17, 15) is 4.79 Å². The summed E-state index contributed by atoms with van der Waals surface area (Å²) in [5, 5.41) is 6.09. The lowest BCUT2D eigenvalue weighted by molar-refractivity contribution is -0.120. The van der Waals surface area contributed by atoms with Crippen molar-refractivity contribution in [2.75, 3.05) is 20.2 Å². The molecule has 1 atom stereocenters. The minimum absolute atomic E-state index is 0.0579. The quantitative estimate of drug-likeness (QED) is 0.652. The highest BCUT2D eigenvalue weighted by atomic mass is 16.5. The lowest BCUT2D eigenvalue weighted by Crippen LogP contribution is -2.28. The van der Waals surface area contributed by atoms with Gasteiger partial charge in [0.25, 0.3) is 0 Å². The molecule has 4 nitrogen and oxygen atoms in total. The predicted octanol–water partition coefficient (Wildman–Crippen LogP) is 2.52. The van der Waals surface area contributed by atoms with Gasteiger partial charge in [-0.05, 0) is 50.4 Å². The van der Waals surface area contributed by atoms with Gasteiger partial charge in [0.15, 0.2) is 0 Å². The molecule has 0 bridgehead atoms. The van der Waals surface area contributed by atoms with Gasteiger partial charge >= 0.3 is 0 Å². The van der Waals surface area contributed by atoms with Crippen LogP contribution in [0.4, 0.5) is 0 Å². The highest BCUT2D eigenvalue weighted by Crippen LogP contribution is 2.14. The zero-order chi connectivity index (χ0) is 15.5. The van der Waals surface area contributed by atoms with Crippen LogP contribution in [0.25, 0.3) is 0 Å². The number of nitrogens with one attached hydrogen (secondary N) is 2. The molecule has 118 valence electrons. The maximum atomic E-state index is 11.1. The Morgan fingerprint density at radius 3 is 2.62 bits per heavy atom. The summed E-state index contributed by atoms with van der Waals surface area (Å²) in [7, 11) is 1.65. The lowest BCUT2D eigenvalue weighted by Gasteiger charge is -2.13. The first kappa shape index (κ1) is 17.5. The fourth-order valence-electron chi connectivity index (χ4n) is 2.09. The first-order valence-corrected chi connectivity index (χ1v) is 7.81. The van der Waals surface area contributed by atoms with Gasteiger partial charge in [-0.2, -0.15) is 0 Å². The van der Waals surface area contributed by atoms with E-state index < -0.39 is 0 Å². The van der Waals surface area contributed by atoms with Crippen molar-refractivity contribution in [3.63, 3.8) is 0 Å². The Morgan fingerprint density at radius 1 is 1.29 bits per heavy atom. The van der Waals surface area contributed by atoms with Crippen molar-refractivity contribution in [3.8, 4) is 5.75 Å². The number of amides is 1. The molecule has 0 aromatic heterocycles. The third-order valence-electron chi connectivity index (χ3n) is 3.30. The molecule has 1 aromatic carbocycles. The van der Waals surface area contributed by atoms with E-state index in [2.05, 4.69) is 36.6 Å². The molecule has 2 N–H and O–H groups in total. The Balaban J connectivity index is 2.28. The Labute approximate surface area is 128 Å². The van der Waals surface area contributed by atoms with Gasteiger partial charge in [-0.25, -0.2) is 0 Å². The Morgan fingerprint density at radius 2 is 2.00 bits per heavy atom. The summed E-state index contributed by atoms with van der Waals surface area (Å²) in [6.07, 6.45) is 3.43. The van der Waals surface area contributed by atoms with E-state index >= 15 is 0 Å². The smallest absolute Gasteiger partial charge is 0.219 e. The van der Waals surface area contributed by atoms with Crippen molar-refractivity contribution in [2.45, 2.75) is 45.6 Å². The molecular weight excluding hydrogens is 264 g/mol. The molecule has 0 radical (unpaired) electrons. The summed E-state index contributed by atoms with van der Waals surface area (Å²) in [5.74, 6) is 0.923. The number of carbonyl (C=O) groups is 1. The second-order valence-electron chi connectivity index (χ2n) is 5.33. The van der Waals surface area contributed by atoms with E-state index in [1.165, 1.54) is 5.56 Å². The molecular formula is C17H28N2O2.